The van der Waals surface area contributed by atoms with Crippen LogP contribution in [0.2, 0.25) is 5.02 Å². The highest BCUT2D eigenvalue weighted by Gasteiger charge is 2.59. The maximum absolute atomic E-state index is 14.7. The van der Waals surface area contributed by atoms with Crippen molar-refractivity contribution in [2.75, 3.05) is 25.7 Å². The zero-order valence-corrected chi connectivity index (χ0v) is 21.6. The van der Waals surface area contributed by atoms with E-state index in [1.807, 2.05) is 0 Å². The number of nitrogens with zero attached hydrogens (tertiary/aromatic N) is 1. The van der Waals surface area contributed by atoms with Crippen molar-refractivity contribution in [3.05, 3.63) is 76.6 Å². The van der Waals surface area contributed by atoms with Crippen LogP contribution in [-0.4, -0.2) is 44.1 Å². The summed E-state index contributed by atoms with van der Waals surface area (Å²) < 4.78 is 72.7. The predicted molar refractivity (Wildman–Crippen MR) is 134 cm³/mol. The van der Waals surface area contributed by atoms with Gasteiger partial charge in [-0.25, -0.2) is 9.18 Å². The number of likely N-dealkylation sites (N-methyl/N-ethyl adjacent to an activating group) is 1. The van der Waals surface area contributed by atoms with Crippen LogP contribution in [0, 0.1) is 5.82 Å². The molecular formula is C27H22ClF4NO6. The van der Waals surface area contributed by atoms with Crippen molar-refractivity contribution in [3.63, 3.8) is 0 Å². The zero-order chi connectivity index (χ0) is 28.7. The SMILES string of the molecule is COC(=O)Oc1ccc(-c2ccc(C(C)C(O)(c3ccc4c(c3)N(C)C(=O)CO4)C(F)(F)F)c(Cl)c2)c(F)c1. The summed E-state index contributed by atoms with van der Waals surface area (Å²) >= 11 is 6.39. The number of alkyl halides is 3. The fourth-order valence-corrected chi connectivity index (χ4v) is 4.71. The minimum atomic E-state index is -5.15. The van der Waals surface area contributed by atoms with E-state index in [9.17, 15) is 32.3 Å². The number of anilines is 1. The van der Waals surface area contributed by atoms with E-state index in [-0.39, 0.29) is 45.5 Å². The minimum Gasteiger partial charge on any atom is -0.482 e. The highest BCUT2D eigenvalue weighted by atomic mass is 35.5. The molecule has 206 valence electrons. The molecule has 3 aromatic rings. The normalized spacial score (nSPS) is 15.6. The summed E-state index contributed by atoms with van der Waals surface area (Å²) in [5.41, 5.74) is -3.62. The standard InChI is InChI=1S/C27H22ClF4NO6/c1-14(26(36,27(30,31)32)16-5-9-23-22(11-16)33(2)24(34)13-38-23)18-7-4-15(10-20(18)28)19-8-6-17(12-21(19)29)39-25(35)37-3/h4-12,14,36H,13H2,1-3H3. The molecule has 1 N–H and O–H groups in total. The second-order valence-electron chi connectivity index (χ2n) is 8.84. The van der Waals surface area contributed by atoms with Crippen molar-refractivity contribution in [2.45, 2.75) is 24.6 Å². The Hall–Kier alpha value is -3.83. The average Bonchev–Trinajstić information content (AvgIpc) is 2.89. The van der Waals surface area contributed by atoms with Crippen LogP contribution in [0.5, 0.6) is 11.5 Å². The summed E-state index contributed by atoms with van der Waals surface area (Å²) in [6.07, 6.45) is -6.19. The van der Waals surface area contributed by atoms with Crippen LogP contribution in [0.25, 0.3) is 11.1 Å². The Labute approximate surface area is 225 Å². The second-order valence-corrected chi connectivity index (χ2v) is 9.25. The van der Waals surface area contributed by atoms with E-state index in [1.165, 1.54) is 50.4 Å². The fourth-order valence-electron chi connectivity index (χ4n) is 4.37. The van der Waals surface area contributed by atoms with Crippen LogP contribution in [0.3, 0.4) is 0 Å². The number of hydrogen-bond acceptors (Lipinski definition) is 6. The number of fused-ring (bicyclic) bond motifs is 1. The number of rotatable bonds is 5. The molecule has 4 rings (SSSR count). The molecule has 0 spiro atoms. The van der Waals surface area contributed by atoms with Crippen molar-refractivity contribution < 1.29 is 46.5 Å². The van der Waals surface area contributed by atoms with Crippen molar-refractivity contribution in [3.8, 4) is 22.6 Å². The largest absolute Gasteiger partial charge is 0.513 e. The molecule has 0 fully saturated rings. The Morgan fingerprint density at radius 1 is 1.13 bits per heavy atom. The number of halogens is 5. The lowest BCUT2D eigenvalue weighted by atomic mass is 9.77. The van der Waals surface area contributed by atoms with Gasteiger partial charge in [-0.1, -0.05) is 36.7 Å². The van der Waals surface area contributed by atoms with E-state index in [0.29, 0.717) is 0 Å². The number of amides is 1. The average molecular weight is 568 g/mol. The molecule has 0 aliphatic carbocycles. The first-order valence-electron chi connectivity index (χ1n) is 11.5. The van der Waals surface area contributed by atoms with Crippen LogP contribution in [-0.2, 0) is 15.1 Å². The number of benzene rings is 3. The number of ether oxygens (including phenoxy) is 3. The first-order valence-corrected chi connectivity index (χ1v) is 11.8. The van der Waals surface area contributed by atoms with Gasteiger partial charge in [0.05, 0.1) is 12.8 Å². The van der Waals surface area contributed by atoms with Gasteiger partial charge in [0.25, 0.3) is 5.91 Å². The van der Waals surface area contributed by atoms with Crippen LogP contribution < -0.4 is 14.4 Å². The third kappa shape index (κ3) is 5.11. The molecule has 7 nitrogen and oxygen atoms in total. The summed E-state index contributed by atoms with van der Waals surface area (Å²) in [5.74, 6) is -2.78. The first-order chi connectivity index (χ1) is 18.3. The van der Waals surface area contributed by atoms with Crippen LogP contribution in [0.15, 0.2) is 54.6 Å². The Morgan fingerprint density at radius 3 is 2.46 bits per heavy atom. The summed E-state index contributed by atoms with van der Waals surface area (Å²) in [5, 5.41) is 11.1. The fraction of sp³-hybridized carbons (Fsp3) is 0.259. The zero-order valence-electron chi connectivity index (χ0n) is 20.8. The second kappa shape index (κ2) is 10.4. The van der Waals surface area contributed by atoms with Crippen molar-refractivity contribution in [2.24, 2.45) is 0 Å². The molecule has 1 amide bonds. The number of carbonyl (C=O) groups excluding carboxylic acids is 2. The monoisotopic (exact) mass is 567 g/mol. The van der Waals surface area contributed by atoms with Gasteiger partial charge >= 0.3 is 12.3 Å². The van der Waals surface area contributed by atoms with Crippen molar-refractivity contribution in [1.29, 1.82) is 0 Å². The van der Waals surface area contributed by atoms with E-state index in [2.05, 4.69) is 4.74 Å². The molecule has 2 atom stereocenters. The molecule has 39 heavy (non-hydrogen) atoms. The van der Waals surface area contributed by atoms with Gasteiger partial charge in [0.15, 0.2) is 12.2 Å². The summed E-state index contributed by atoms with van der Waals surface area (Å²) in [7, 11) is 2.49. The number of aliphatic hydroxyl groups is 1. The van der Waals surface area contributed by atoms with Crippen LogP contribution in [0.4, 0.5) is 28.0 Å². The molecule has 12 heteroatoms. The number of methoxy groups -OCH3 is 1. The maximum atomic E-state index is 14.7. The molecule has 1 aliphatic heterocycles. The molecule has 1 aliphatic rings. The first kappa shape index (κ1) is 28.2. The van der Waals surface area contributed by atoms with Gasteiger partial charge in [0.2, 0.25) is 0 Å². The van der Waals surface area contributed by atoms with Crippen LogP contribution >= 0.6 is 11.6 Å². The van der Waals surface area contributed by atoms with Crippen LogP contribution in [0.1, 0.15) is 24.0 Å². The molecule has 0 radical (unpaired) electrons. The third-order valence-corrected chi connectivity index (χ3v) is 6.96. The highest BCUT2D eigenvalue weighted by molar-refractivity contribution is 6.31. The Balaban J connectivity index is 1.72. The lowest BCUT2D eigenvalue weighted by Crippen LogP contribution is -2.47. The van der Waals surface area contributed by atoms with Crippen molar-refractivity contribution >= 4 is 29.4 Å². The molecule has 3 aromatic carbocycles. The third-order valence-electron chi connectivity index (χ3n) is 6.63. The molecule has 2 unspecified atom stereocenters. The van der Waals surface area contributed by atoms with Gasteiger partial charge in [-0.15, -0.1) is 0 Å². The summed E-state index contributed by atoms with van der Waals surface area (Å²) in [6, 6.07) is 10.9. The Kier molecular flexibility index (Phi) is 7.50. The van der Waals surface area contributed by atoms with E-state index < -0.39 is 41.1 Å². The minimum absolute atomic E-state index is 0.0433. The Morgan fingerprint density at radius 2 is 1.85 bits per heavy atom. The summed E-state index contributed by atoms with van der Waals surface area (Å²) in [6.45, 7) is 0.908. The molecule has 0 saturated heterocycles. The molecular weight excluding hydrogens is 546 g/mol. The lowest BCUT2D eigenvalue weighted by molar-refractivity contribution is -0.274. The van der Waals surface area contributed by atoms with Crippen molar-refractivity contribution in [1.82, 2.24) is 0 Å². The van der Waals surface area contributed by atoms with E-state index in [0.717, 1.165) is 30.2 Å². The van der Waals surface area contributed by atoms with E-state index in [1.54, 1.807) is 0 Å². The highest BCUT2D eigenvalue weighted by Crippen LogP contribution is 2.51. The van der Waals surface area contributed by atoms with Gasteiger partial charge in [-0.3, -0.25) is 4.79 Å². The Bertz CT molecular complexity index is 1450. The molecule has 0 bridgehead atoms. The smallest absolute Gasteiger partial charge is 0.482 e. The van der Waals surface area contributed by atoms with Gasteiger partial charge in [-0.2, -0.15) is 13.2 Å². The van der Waals surface area contributed by atoms with E-state index in [4.69, 9.17) is 21.1 Å². The number of hydrogen-bond donors (Lipinski definition) is 1. The van der Waals surface area contributed by atoms with Gasteiger partial charge in [0.1, 0.15) is 17.3 Å². The maximum Gasteiger partial charge on any atom is 0.513 e. The lowest BCUT2D eigenvalue weighted by Gasteiger charge is -2.38. The van der Waals surface area contributed by atoms with Gasteiger partial charge in [0, 0.05) is 29.6 Å². The molecule has 0 aromatic heterocycles. The quantitative estimate of drug-likeness (QED) is 0.224. The summed E-state index contributed by atoms with van der Waals surface area (Å²) in [4.78, 5) is 24.4. The number of carbonyl (C=O) groups is 2. The molecule has 0 saturated carbocycles. The topological polar surface area (TPSA) is 85.3 Å². The van der Waals surface area contributed by atoms with Gasteiger partial charge < -0.3 is 24.2 Å². The predicted octanol–water partition coefficient (Wildman–Crippen LogP) is 6.20. The van der Waals surface area contributed by atoms with Gasteiger partial charge in [-0.05, 0) is 47.0 Å². The van der Waals surface area contributed by atoms with E-state index >= 15 is 0 Å². The molecule has 1 heterocycles.